The van der Waals surface area contributed by atoms with Crippen LogP contribution in [0.4, 0.5) is 0 Å². The van der Waals surface area contributed by atoms with Crippen LogP contribution in [0.5, 0.6) is 0 Å². The molecule has 0 saturated carbocycles. The predicted molar refractivity (Wildman–Crippen MR) is 89.4 cm³/mol. The summed E-state index contributed by atoms with van der Waals surface area (Å²) < 4.78 is 0. The summed E-state index contributed by atoms with van der Waals surface area (Å²) in [5.74, 6) is -0.627. The molecule has 2 N–H and O–H groups in total. The van der Waals surface area contributed by atoms with Crippen molar-refractivity contribution in [2.24, 2.45) is 0 Å². The molecule has 0 aliphatic carbocycles. The molecule has 0 unspecified atom stereocenters. The Balaban J connectivity index is 2.00. The molecule has 23 heavy (non-hydrogen) atoms. The highest BCUT2D eigenvalue weighted by Crippen LogP contribution is 2.09. The molecule has 0 spiro atoms. The number of hydrogen-bond acceptors (Lipinski definition) is 3. The highest BCUT2D eigenvalue weighted by molar-refractivity contribution is 6.30. The molecule has 0 aliphatic rings. The number of amides is 2. The Kier molecular flexibility index (Phi) is 5.88. The van der Waals surface area contributed by atoms with Crippen LogP contribution in [-0.2, 0) is 6.54 Å². The van der Waals surface area contributed by atoms with Gasteiger partial charge in [0.25, 0.3) is 11.8 Å². The fourth-order valence-electron chi connectivity index (χ4n) is 1.84. The highest BCUT2D eigenvalue weighted by atomic mass is 35.5. The second-order valence-corrected chi connectivity index (χ2v) is 5.17. The molecule has 1 aromatic carbocycles. The Morgan fingerprint density at radius 2 is 1.87 bits per heavy atom. The number of rotatable bonds is 6. The van der Waals surface area contributed by atoms with Crippen LogP contribution in [0.3, 0.4) is 0 Å². The molecule has 1 aromatic heterocycles. The minimum atomic E-state index is -0.349. The summed E-state index contributed by atoms with van der Waals surface area (Å²) in [6.45, 7) is 4.24. The molecule has 0 aliphatic heterocycles. The van der Waals surface area contributed by atoms with E-state index in [0.717, 1.165) is 5.56 Å². The van der Waals surface area contributed by atoms with E-state index in [4.69, 9.17) is 11.6 Å². The van der Waals surface area contributed by atoms with E-state index in [1.54, 1.807) is 24.3 Å². The molecule has 6 heteroatoms. The maximum atomic E-state index is 12.1. The summed E-state index contributed by atoms with van der Waals surface area (Å²) in [6, 6.07) is 10.2. The monoisotopic (exact) mass is 329 g/mol. The third-order valence-electron chi connectivity index (χ3n) is 3.03. The number of benzene rings is 1. The van der Waals surface area contributed by atoms with Crippen molar-refractivity contribution in [2.45, 2.75) is 6.54 Å². The topological polar surface area (TPSA) is 71.1 Å². The van der Waals surface area contributed by atoms with Gasteiger partial charge in [-0.15, -0.1) is 6.58 Å². The van der Waals surface area contributed by atoms with Crippen molar-refractivity contribution in [3.05, 3.63) is 77.1 Å². The maximum absolute atomic E-state index is 12.1. The normalized spacial score (nSPS) is 9.96. The number of hydrogen-bond donors (Lipinski definition) is 2. The summed E-state index contributed by atoms with van der Waals surface area (Å²) in [5, 5.41) is 6.04. The van der Waals surface area contributed by atoms with E-state index in [9.17, 15) is 9.59 Å². The van der Waals surface area contributed by atoms with Gasteiger partial charge >= 0.3 is 0 Å². The number of aromatic nitrogens is 1. The highest BCUT2D eigenvalue weighted by Gasteiger charge is 2.11. The average Bonchev–Trinajstić information content (AvgIpc) is 2.59. The molecule has 118 valence electrons. The molecular formula is C17H16ClN3O2. The van der Waals surface area contributed by atoms with E-state index in [0.29, 0.717) is 23.7 Å². The Morgan fingerprint density at radius 3 is 2.57 bits per heavy atom. The van der Waals surface area contributed by atoms with Gasteiger partial charge < -0.3 is 10.6 Å². The number of carbonyl (C=O) groups is 2. The molecule has 2 aromatic rings. The van der Waals surface area contributed by atoms with Crippen molar-refractivity contribution >= 4 is 23.4 Å². The zero-order chi connectivity index (χ0) is 16.7. The third kappa shape index (κ3) is 4.93. The lowest BCUT2D eigenvalue weighted by molar-refractivity contribution is 0.0946. The lowest BCUT2D eigenvalue weighted by atomic mass is 10.2. The summed E-state index contributed by atoms with van der Waals surface area (Å²) in [6.07, 6.45) is 3.01. The molecule has 0 bridgehead atoms. The fraction of sp³-hybridized carbons (Fsp3) is 0.118. The van der Waals surface area contributed by atoms with Crippen LogP contribution >= 0.6 is 11.6 Å². The second kappa shape index (κ2) is 8.10. The van der Waals surface area contributed by atoms with Crippen LogP contribution in [0.25, 0.3) is 0 Å². The summed E-state index contributed by atoms with van der Waals surface area (Å²) >= 11 is 5.81. The van der Waals surface area contributed by atoms with Crippen molar-refractivity contribution in [1.82, 2.24) is 15.6 Å². The first kappa shape index (κ1) is 16.7. The first-order valence-electron chi connectivity index (χ1n) is 6.98. The Bertz CT molecular complexity index is 714. The van der Waals surface area contributed by atoms with E-state index in [-0.39, 0.29) is 17.5 Å². The maximum Gasteiger partial charge on any atom is 0.270 e. The van der Waals surface area contributed by atoms with Gasteiger partial charge in [0.2, 0.25) is 0 Å². The first-order valence-corrected chi connectivity index (χ1v) is 7.35. The molecule has 2 amide bonds. The van der Waals surface area contributed by atoms with E-state index in [1.807, 2.05) is 12.1 Å². The van der Waals surface area contributed by atoms with E-state index in [2.05, 4.69) is 22.2 Å². The van der Waals surface area contributed by atoms with Crippen LogP contribution in [0.15, 0.2) is 55.3 Å². The molecule has 0 fully saturated rings. The zero-order valence-corrected chi connectivity index (χ0v) is 13.1. The Morgan fingerprint density at radius 1 is 1.13 bits per heavy atom. The zero-order valence-electron chi connectivity index (χ0n) is 12.4. The Hall–Kier alpha value is -2.66. The minimum absolute atomic E-state index is 0.185. The lowest BCUT2D eigenvalue weighted by Gasteiger charge is -2.07. The van der Waals surface area contributed by atoms with Crippen LogP contribution < -0.4 is 10.6 Å². The number of carbonyl (C=O) groups excluding carboxylic acids is 2. The summed E-state index contributed by atoms with van der Waals surface area (Å²) in [5.41, 5.74) is 1.48. The van der Waals surface area contributed by atoms with Crippen molar-refractivity contribution in [2.75, 3.05) is 6.54 Å². The van der Waals surface area contributed by atoms with Crippen LogP contribution in [0.1, 0.15) is 26.4 Å². The van der Waals surface area contributed by atoms with Crippen LogP contribution in [-0.4, -0.2) is 23.3 Å². The van der Waals surface area contributed by atoms with Gasteiger partial charge in [-0.1, -0.05) is 29.8 Å². The van der Waals surface area contributed by atoms with Gasteiger partial charge in [-0.2, -0.15) is 0 Å². The van der Waals surface area contributed by atoms with E-state index >= 15 is 0 Å². The van der Waals surface area contributed by atoms with Gasteiger partial charge in [0.05, 0.1) is 0 Å². The minimum Gasteiger partial charge on any atom is -0.349 e. The summed E-state index contributed by atoms with van der Waals surface area (Å²) in [4.78, 5) is 28.0. The van der Waals surface area contributed by atoms with Gasteiger partial charge in [0, 0.05) is 29.9 Å². The standard InChI is InChI=1S/C17H16ClN3O2/c1-2-8-20-16(22)13-7-9-19-15(10-13)17(23)21-11-12-3-5-14(18)6-4-12/h2-7,9-10H,1,8,11H2,(H,20,22)(H,21,23). The molecule has 1 heterocycles. The first-order chi connectivity index (χ1) is 11.1. The Labute approximate surface area is 139 Å². The quantitative estimate of drug-likeness (QED) is 0.800. The lowest BCUT2D eigenvalue weighted by Crippen LogP contribution is -2.26. The number of nitrogens with zero attached hydrogens (tertiary/aromatic N) is 1. The fourth-order valence-corrected chi connectivity index (χ4v) is 1.96. The number of nitrogens with one attached hydrogen (secondary N) is 2. The van der Waals surface area contributed by atoms with E-state index < -0.39 is 0 Å². The van der Waals surface area contributed by atoms with Crippen LogP contribution in [0, 0.1) is 0 Å². The number of pyridine rings is 1. The van der Waals surface area contributed by atoms with Crippen LogP contribution in [0.2, 0.25) is 5.02 Å². The smallest absolute Gasteiger partial charge is 0.270 e. The molecular weight excluding hydrogens is 314 g/mol. The largest absolute Gasteiger partial charge is 0.349 e. The average molecular weight is 330 g/mol. The van der Waals surface area contributed by atoms with Gasteiger partial charge in [0.15, 0.2) is 0 Å². The van der Waals surface area contributed by atoms with Crippen molar-refractivity contribution in [3.63, 3.8) is 0 Å². The predicted octanol–water partition coefficient (Wildman–Crippen LogP) is 2.58. The number of halogens is 1. The SMILES string of the molecule is C=CCNC(=O)c1ccnc(C(=O)NCc2ccc(Cl)cc2)c1. The van der Waals surface area contributed by atoms with Gasteiger partial charge in [-0.3, -0.25) is 14.6 Å². The van der Waals surface area contributed by atoms with Gasteiger partial charge in [-0.25, -0.2) is 0 Å². The van der Waals surface area contributed by atoms with Crippen molar-refractivity contribution in [3.8, 4) is 0 Å². The molecule has 0 saturated heterocycles. The molecule has 5 nitrogen and oxygen atoms in total. The molecule has 0 atom stereocenters. The van der Waals surface area contributed by atoms with E-state index in [1.165, 1.54) is 12.3 Å². The second-order valence-electron chi connectivity index (χ2n) is 4.74. The molecule has 2 rings (SSSR count). The summed E-state index contributed by atoms with van der Waals surface area (Å²) in [7, 11) is 0. The third-order valence-corrected chi connectivity index (χ3v) is 3.28. The van der Waals surface area contributed by atoms with Crippen molar-refractivity contribution in [1.29, 1.82) is 0 Å². The molecule has 0 radical (unpaired) electrons. The van der Waals surface area contributed by atoms with Gasteiger partial charge in [-0.05, 0) is 29.8 Å². The van der Waals surface area contributed by atoms with Gasteiger partial charge in [0.1, 0.15) is 5.69 Å². The van der Waals surface area contributed by atoms with Crippen molar-refractivity contribution < 1.29 is 9.59 Å².